The number of hydrogen-bond donors (Lipinski definition) is 2. The van der Waals surface area contributed by atoms with E-state index in [1.54, 1.807) is 31.8 Å². The molecule has 8 heteroatoms. The zero-order valence-electron chi connectivity index (χ0n) is 18.0. The Bertz CT molecular complexity index is 1240. The molecule has 0 spiro atoms. The minimum absolute atomic E-state index is 0.137. The minimum atomic E-state index is -0.337. The van der Waals surface area contributed by atoms with E-state index < -0.39 is 0 Å². The van der Waals surface area contributed by atoms with Gasteiger partial charge >= 0.3 is 0 Å². The largest absolute Gasteiger partial charge is 0.497 e. The highest BCUT2D eigenvalue weighted by atomic mass is 16.5. The van der Waals surface area contributed by atoms with Crippen LogP contribution in [0.5, 0.6) is 17.2 Å². The van der Waals surface area contributed by atoms with Crippen LogP contribution in [0, 0.1) is 5.92 Å². The van der Waals surface area contributed by atoms with Crippen LogP contribution >= 0.6 is 0 Å². The van der Waals surface area contributed by atoms with Crippen molar-refractivity contribution in [1.82, 2.24) is 10.2 Å². The number of furan rings is 1. The molecule has 0 saturated carbocycles. The van der Waals surface area contributed by atoms with E-state index >= 15 is 0 Å². The van der Waals surface area contributed by atoms with Crippen molar-refractivity contribution < 1.29 is 23.4 Å². The molecule has 168 valence electrons. The third kappa shape index (κ3) is 4.55. The predicted octanol–water partition coefficient (Wildman–Crippen LogP) is 4.45. The van der Waals surface area contributed by atoms with E-state index in [9.17, 15) is 4.79 Å². The number of aromatic nitrogens is 2. The van der Waals surface area contributed by atoms with E-state index in [1.807, 2.05) is 42.5 Å². The maximum Gasteiger partial charge on any atom is 0.231 e. The Hall–Kier alpha value is -4.20. The van der Waals surface area contributed by atoms with Gasteiger partial charge < -0.3 is 23.9 Å². The van der Waals surface area contributed by atoms with Crippen LogP contribution in [-0.4, -0.2) is 29.8 Å². The predicted molar refractivity (Wildman–Crippen MR) is 121 cm³/mol. The molecule has 2 aromatic carbocycles. The number of H-pyrrole nitrogens is 1. The quantitative estimate of drug-likeness (QED) is 0.436. The number of hydrogen-bond acceptors (Lipinski definition) is 6. The number of ether oxygens (including phenoxy) is 3. The van der Waals surface area contributed by atoms with Crippen molar-refractivity contribution in [1.29, 1.82) is 0 Å². The van der Waals surface area contributed by atoms with E-state index in [1.165, 1.54) is 0 Å². The molecule has 1 aliphatic rings. The number of amides is 1. The maximum absolute atomic E-state index is 13.1. The SMILES string of the molecule is COc1ccc2c(c1)C[C@@H](C(=O)Nc1ccc(-c3cn[nH]c3)cc1OCc1ccco1)CO2. The number of nitrogens with one attached hydrogen (secondary N) is 2. The number of methoxy groups -OCH3 is 1. The smallest absolute Gasteiger partial charge is 0.231 e. The molecule has 0 aliphatic carbocycles. The highest BCUT2D eigenvalue weighted by Crippen LogP contribution is 2.34. The summed E-state index contributed by atoms with van der Waals surface area (Å²) in [7, 11) is 1.62. The third-order valence-corrected chi connectivity index (χ3v) is 5.57. The second kappa shape index (κ2) is 9.12. The molecule has 4 aromatic rings. The summed E-state index contributed by atoms with van der Waals surface area (Å²) < 4.78 is 22.5. The average Bonchev–Trinajstić information content (AvgIpc) is 3.57. The molecule has 1 aliphatic heterocycles. The van der Waals surface area contributed by atoms with Crippen molar-refractivity contribution in [3.8, 4) is 28.4 Å². The van der Waals surface area contributed by atoms with Gasteiger partial charge in [-0.25, -0.2) is 0 Å². The first-order valence-electron chi connectivity index (χ1n) is 10.6. The third-order valence-electron chi connectivity index (χ3n) is 5.57. The Labute approximate surface area is 190 Å². The summed E-state index contributed by atoms with van der Waals surface area (Å²) in [5.74, 6) is 2.27. The van der Waals surface area contributed by atoms with Gasteiger partial charge in [0.2, 0.25) is 5.91 Å². The fourth-order valence-electron chi connectivity index (χ4n) is 3.78. The molecule has 0 saturated heterocycles. The van der Waals surface area contributed by atoms with Crippen LogP contribution in [0.4, 0.5) is 5.69 Å². The zero-order valence-corrected chi connectivity index (χ0v) is 18.0. The summed E-state index contributed by atoms with van der Waals surface area (Å²) >= 11 is 0. The fraction of sp³-hybridized carbons (Fsp3) is 0.200. The number of rotatable bonds is 7. The second-order valence-corrected chi connectivity index (χ2v) is 7.74. The molecule has 2 aromatic heterocycles. The van der Waals surface area contributed by atoms with Gasteiger partial charge in [-0.2, -0.15) is 5.10 Å². The van der Waals surface area contributed by atoms with Crippen molar-refractivity contribution in [3.63, 3.8) is 0 Å². The van der Waals surface area contributed by atoms with Crippen molar-refractivity contribution in [2.24, 2.45) is 5.92 Å². The highest BCUT2D eigenvalue weighted by molar-refractivity contribution is 5.95. The Morgan fingerprint density at radius 2 is 2.15 bits per heavy atom. The Morgan fingerprint density at radius 1 is 1.21 bits per heavy atom. The molecule has 3 heterocycles. The molecule has 0 unspecified atom stereocenters. The standard InChI is InChI=1S/C25H23N3O5/c1-30-20-5-7-23-17(10-20)9-18(14-32-23)25(29)28-22-6-4-16(19-12-26-27-13-19)11-24(22)33-15-21-3-2-8-31-21/h2-8,10-13,18H,9,14-15H2,1H3,(H,26,27)(H,28,29)/t18-/m1/s1. The van der Waals surface area contributed by atoms with Crippen LogP contribution in [0.2, 0.25) is 0 Å². The number of fused-ring (bicyclic) bond motifs is 1. The molecule has 0 bridgehead atoms. The lowest BCUT2D eigenvalue weighted by Gasteiger charge is -2.25. The molecule has 0 fully saturated rings. The summed E-state index contributed by atoms with van der Waals surface area (Å²) in [6.45, 7) is 0.547. The van der Waals surface area contributed by atoms with Gasteiger partial charge in [-0.3, -0.25) is 9.89 Å². The lowest BCUT2D eigenvalue weighted by atomic mass is 9.95. The first-order valence-corrected chi connectivity index (χ1v) is 10.6. The number of carbonyl (C=O) groups excluding carboxylic acids is 1. The first-order chi connectivity index (χ1) is 16.2. The summed E-state index contributed by atoms with van der Waals surface area (Å²) in [5, 5.41) is 9.83. The summed E-state index contributed by atoms with van der Waals surface area (Å²) in [6, 6.07) is 14.9. The van der Waals surface area contributed by atoms with Gasteiger partial charge in [-0.1, -0.05) is 6.07 Å². The number of anilines is 1. The van der Waals surface area contributed by atoms with Gasteiger partial charge in [0.1, 0.15) is 36.2 Å². The number of aromatic amines is 1. The van der Waals surface area contributed by atoms with Gasteiger partial charge in [-0.15, -0.1) is 0 Å². The molecule has 8 nitrogen and oxygen atoms in total. The summed E-state index contributed by atoms with van der Waals surface area (Å²) in [6.07, 6.45) is 5.69. The molecular weight excluding hydrogens is 422 g/mol. The number of nitrogens with zero attached hydrogens (tertiary/aromatic N) is 1. The van der Waals surface area contributed by atoms with Crippen LogP contribution in [0.3, 0.4) is 0 Å². The van der Waals surface area contributed by atoms with Gasteiger partial charge in [0.25, 0.3) is 0 Å². The Kier molecular flexibility index (Phi) is 5.72. The first kappa shape index (κ1) is 20.7. The van der Waals surface area contributed by atoms with Crippen LogP contribution in [0.1, 0.15) is 11.3 Å². The average molecular weight is 445 g/mol. The van der Waals surface area contributed by atoms with Gasteiger partial charge in [0, 0.05) is 11.8 Å². The topological polar surface area (TPSA) is 98.6 Å². The van der Waals surface area contributed by atoms with E-state index in [0.717, 1.165) is 28.2 Å². The van der Waals surface area contributed by atoms with Gasteiger partial charge in [0.05, 0.1) is 31.2 Å². The molecule has 33 heavy (non-hydrogen) atoms. The van der Waals surface area contributed by atoms with Crippen LogP contribution in [0.15, 0.2) is 71.6 Å². The van der Waals surface area contributed by atoms with E-state index in [-0.39, 0.29) is 18.4 Å². The van der Waals surface area contributed by atoms with Gasteiger partial charge in [0.15, 0.2) is 0 Å². The normalized spacial score (nSPS) is 14.8. The molecule has 1 atom stereocenters. The van der Waals surface area contributed by atoms with E-state index in [0.29, 0.717) is 30.2 Å². The highest BCUT2D eigenvalue weighted by Gasteiger charge is 2.27. The lowest BCUT2D eigenvalue weighted by Crippen LogP contribution is -2.32. The fourth-order valence-corrected chi connectivity index (χ4v) is 3.78. The summed E-state index contributed by atoms with van der Waals surface area (Å²) in [4.78, 5) is 13.1. The number of carbonyl (C=O) groups is 1. The van der Waals surface area contributed by atoms with Crippen molar-refractivity contribution in [3.05, 3.63) is 78.5 Å². The van der Waals surface area contributed by atoms with Crippen LogP contribution < -0.4 is 19.5 Å². The maximum atomic E-state index is 13.1. The zero-order chi connectivity index (χ0) is 22.6. The minimum Gasteiger partial charge on any atom is -0.497 e. The van der Waals surface area contributed by atoms with Crippen molar-refractivity contribution in [2.75, 3.05) is 19.0 Å². The Balaban J connectivity index is 1.35. The second-order valence-electron chi connectivity index (χ2n) is 7.74. The number of benzene rings is 2. The molecule has 5 rings (SSSR count). The van der Waals surface area contributed by atoms with Crippen LogP contribution in [0.25, 0.3) is 11.1 Å². The monoisotopic (exact) mass is 445 g/mol. The molecule has 1 amide bonds. The molecular formula is C25H23N3O5. The lowest BCUT2D eigenvalue weighted by molar-refractivity contribution is -0.121. The van der Waals surface area contributed by atoms with Crippen molar-refractivity contribution >= 4 is 11.6 Å². The molecule has 0 radical (unpaired) electrons. The Morgan fingerprint density at radius 3 is 2.94 bits per heavy atom. The van der Waals surface area contributed by atoms with Gasteiger partial charge in [-0.05, 0) is 60.0 Å². The summed E-state index contributed by atoms with van der Waals surface area (Å²) in [5.41, 5.74) is 3.36. The van der Waals surface area contributed by atoms with E-state index in [4.69, 9.17) is 18.6 Å². The van der Waals surface area contributed by atoms with Crippen molar-refractivity contribution in [2.45, 2.75) is 13.0 Å². The molecule has 2 N–H and O–H groups in total. The van der Waals surface area contributed by atoms with Crippen LogP contribution in [-0.2, 0) is 17.8 Å². The van der Waals surface area contributed by atoms with E-state index in [2.05, 4.69) is 15.5 Å².